The Balaban J connectivity index is 1.69. The molecule has 1 fully saturated rings. The summed E-state index contributed by atoms with van der Waals surface area (Å²) < 4.78 is 41.8. The number of hydrogen-bond acceptors (Lipinski definition) is 5. The van der Waals surface area contributed by atoms with Crippen LogP contribution in [0.3, 0.4) is 0 Å². The maximum atomic E-state index is 12.5. The molecule has 0 saturated carbocycles. The van der Waals surface area contributed by atoms with E-state index in [1.165, 1.54) is 24.3 Å². The Hall–Kier alpha value is -2.62. The summed E-state index contributed by atoms with van der Waals surface area (Å²) in [5.41, 5.74) is -0.223. The maximum Gasteiger partial charge on any atom is 0.471 e. The third kappa shape index (κ3) is 4.21. The summed E-state index contributed by atoms with van der Waals surface area (Å²) in [4.78, 5) is 17.4. The van der Waals surface area contributed by atoms with E-state index in [0.717, 1.165) is 12.8 Å². The topological polar surface area (TPSA) is 91.5 Å². The van der Waals surface area contributed by atoms with Crippen molar-refractivity contribution in [2.45, 2.75) is 44.5 Å². The van der Waals surface area contributed by atoms with Gasteiger partial charge in [-0.25, -0.2) is 4.79 Å². The van der Waals surface area contributed by atoms with Crippen LogP contribution in [0, 0.1) is 0 Å². The Kier molecular flexibility index (Phi) is 4.85. The number of urea groups is 1. The van der Waals surface area contributed by atoms with E-state index >= 15 is 0 Å². The van der Waals surface area contributed by atoms with Gasteiger partial charge in [-0.2, -0.15) is 18.2 Å². The van der Waals surface area contributed by atoms with Gasteiger partial charge < -0.3 is 19.8 Å². The number of halogens is 3. The second kappa shape index (κ2) is 6.84. The molecule has 146 valence electrons. The van der Waals surface area contributed by atoms with E-state index in [2.05, 4.69) is 20.0 Å². The quantitative estimate of drug-likeness (QED) is 0.845. The van der Waals surface area contributed by atoms with Crippen LogP contribution in [0.25, 0.3) is 11.4 Å². The Morgan fingerprint density at radius 3 is 2.52 bits per heavy atom. The van der Waals surface area contributed by atoms with Crippen LogP contribution in [0.4, 0.5) is 23.7 Å². The fourth-order valence-corrected chi connectivity index (χ4v) is 3.10. The second-order valence-electron chi connectivity index (χ2n) is 6.93. The van der Waals surface area contributed by atoms with Gasteiger partial charge in [0.1, 0.15) is 0 Å². The van der Waals surface area contributed by atoms with Crippen molar-refractivity contribution in [1.29, 1.82) is 0 Å². The number of nitrogens with one attached hydrogen (secondary N) is 1. The van der Waals surface area contributed by atoms with Gasteiger partial charge in [0.25, 0.3) is 0 Å². The molecule has 1 aromatic heterocycles. The lowest BCUT2D eigenvalue weighted by atomic mass is 9.97. The molecule has 27 heavy (non-hydrogen) atoms. The molecule has 2 N–H and O–H groups in total. The number of anilines is 1. The highest BCUT2D eigenvalue weighted by molar-refractivity contribution is 5.90. The van der Waals surface area contributed by atoms with Gasteiger partial charge in [-0.1, -0.05) is 5.16 Å². The number of likely N-dealkylation sites (tertiary alicyclic amines) is 1. The minimum absolute atomic E-state index is 0.193. The summed E-state index contributed by atoms with van der Waals surface area (Å²) in [5, 5.41) is 16.2. The zero-order valence-corrected chi connectivity index (χ0v) is 14.7. The Bertz CT molecular complexity index is 812. The Morgan fingerprint density at radius 2 is 1.96 bits per heavy atom. The van der Waals surface area contributed by atoms with E-state index < -0.39 is 17.7 Å². The fourth-order valence-electron chi connectivity index (χ4n) is 3.10. The van der Waals surface area contributed by atoms with Gasteiger partial charge in [0.15, 0.2) is 0 Å². The van der Waals surface area contributed by atoms with Gasteiger partial charge in [0.2, 0.25) is 5.82 Å². The van der Waals surface area contributed by atoms with Crippen molar-refractivity contribution in [2.75, 3.05) is 11.9 Å². The van der Waals surface area contributed by atoms with Crippen LogP contribution >= 0.6 is 0 Å². The lowest BCUT2D eigenvalue weighted by molar-refractivity contribution is -0.159. The van der Waals surface area contributed by atoms with Crippen molar-refractivity contribution < 1.29 is 27.6 Å². The molecular formula is C17H19F3N4O3. The molecule has 3 rings (SSSR count). The van der Waals surface area contributed by atoms with Gasteiger partial charge in [-0.3, -0.25) is 0 Å². The molecule has 7 nitrogen and oxygen atoms in total. The van der Waals surface area contributed by atoms with E-state index in [9.17, 15) is 23.1 Å². The van der Waals surface area contributed by atoms with E-state index in [1.54, 1.807) is 18.7 Å². The van der Waals surface area contributed by atoms with Crippen LogP contribution in [-0.4, -0.2) is 44.4 Å². The van der Waals surface area contributed by atoms with Crippen molar-refractivity contribution in [3.05, 3.63) is 30.2 Å². The third-order valence-corrected chi connectivity index (χ3v) is 4.39. The third-order valence-electron chi connectivity index (χ3n) is 4.39. The van der Waals surface area contributed by atoms with E-state index in [4.69, 9.17) is 0 Å². The molecule has 0 aliphatic carbocycles. The lowest BCUT2D eigenvalue weighted by Gasteiger charge is -2.33. The van der Waals surface area contributed by atoms with Crippen molar-refractivity contribution in [1.82, 2.24) is 15.0 Å². The largest absolute Gasteiger partial charge is 0.471 e. The normalized spacial score (nSPS) is 18.0. The molecule has 2 aromatic rings. The highest BCUT2D eigenvalue weighted by Gasteiger charge is 2.39. The minimum Gasteiger partial charge on any atom is -0.388 e. The van der Waals surface area contributed by atoms with Gasteiger partial charge >= 0.3 is 18.1 Å². The molecule has 0 bridgehead atoms. The average molecular weight is 384 g/mol. The van der Waals surface area contributed by atoms with Crippen LogP contribution in [0.15, 0.2) is 28.8 Å². The molecule has 1 aliphatic rings. The molecule has 10 heteroatoms. The molecule has 0 spiro atoms. The molecule has 2 heterocycles. The molecular weight excluding hydrogens is 365 g/mol. The number of amides is 2. The number of alkyl halides is 3. The highest BCUT2D eigenvalue weighted by Crippen LogP contribution is 2.30. The summed E-state index contributed by atoms with van der Waals surface area (Å²) in [6.07, 6.45) is -3.18. The maximum absolute atomic E-state index is 12.5. The van der Waals surface area contributed by atoms with Gasteiger partial charge in [-0.05, 0) is 51.0 Å². The van der Waals surface area contributed by atoms with Crippen LogP contribution < -0.4 is 5.32 Å². The van der Waals surface area contributed by atoms with Gasteiger partial charge in [0.05, 0.1) is 11.6 Å². The number of aromatic nitrogens is 2. The summed E-state index contributed by atoms with van der Waals surface area (Å²) in [6, 6.07) is 5.41. The standard InChI is InChI=1S/C17H19F3N4O3/c1-16(2,26)12-4-3-9-24(12)15(25)21-11-7-5-10(6-8-11)13-22-14(27-23-13)17(18,19)20/h5-8,12,26H,3-4,9H2,1-2H3,(H,21,25). The Morgan fingerprint density at radius 1 is 1.30 bits per heavy atom. The molecule has 1 unspecified atom stereocenters. The average Bonchev–Trinajstić information content (AvgIpc) is 3.24. The van der Waals surface area contributed by atoms with Crippen molar-refractivity contribution in [2.24, 2.45) is 0 Å². The SMILES string of the molecule is CC(C)(O)C1CCCN1C(=O)Nc1ccc(-c2noc(C(F)(F)F)n2)cc1. The highest BCUT2D eigenvalue weighted by atomic mass is 19.4. The van der Waals surface area contributed by atoms with E-state index in [-0.39, 0.29) is 17.9 Å². The first-order valence-electron chi connectivity index (χ1n) is 8.37. The van der Waals surface area contributed by atoms with Crippen molar-refractivity contribution >= 4 is 11.7 Å². The van der Waals surface area contributed by atoms with Crippen molar-refractivity contribution in [3.8, 4) is 11.4 Å². The predicted molar refractivity (Wildman–Crippen MR) is 89.8 cm³/mol. The van der Waals surface area contributed by atoms with Crippen LogP contribution in [0.5, 0.6) is 0 Å². The predicted octanol–water partition coefficient (Wildman–Crippen LogP) is 3.52. The number of carbonyl (C=O) groups excluding carboxylic acids is 1. The summed E-state index contributed by atoms with van der Waals surface area (Å²) in [6.45, 7) is 3.87. The number of aliphatic hydroxyl groups is 1. The van der Waals surface area contributed by atoms with E-state index in [1.807, 2.05) is 0 Å². The number of rotatable bonds is 3. The molecule has 1 saturated heterocycles. The van der Waals surface area contributed by atoms with Crippen LogP contribution in [0.2, 0.25) is 0 Å². The minimum atomic E-state index is -4.70. The number of carbonyl (C=O) groups is 1. The van der Waals surface area contributed by atoms with Crippen LogP contribution in [0.1, 0.15) is 32.6 Å². The van der Waals surface area contributed by atoms with E-state index in [0.29, 0.717) is 17.8 Å². The molecule has 0 radical (unpaired) electrons. The first-order valence-corrected chi connectivity index (χ1v) is 8.37. The molecule has 1 atom stereocenters. The monoisotopic (exact) mass is 384 g/mol. The summed E-state index contributed by atoms with van der Waals surface area (Å²) in [7, 11) is 0. The van der Waals surface area contributed by atoms with Gasteiger partial charge in [-0.15, -0.1) is 0 Å². The first-order chi connectivity index (χ1) is 12.6. The van der Waals surface area contributed by atoms with Crippen LogP contribution in [-0.2, 0) is 6.18 Å². The fraction of sp³-hybridized carbons (Fsp3) is 0.471. The number of hydrogen-bond donors (Lipinski definition) is 2. The Labute approximate surface area is 153 Å². The zero-order valence-electron chi connectivity index (χ0n) is 14.7. The van der Waals surface area contributed by atoms with Crippen molar-refractivity contribution in [3.63, 3.8) is 0 Å². The van der Waals surface area contributed by atoms with Gasteiger partial charge in [0, 0.05) is 17.8 Å². The smallest absolute Gasteiger partial charge is 0.388 e. The first kappa shape index (κ1) is 19.2. The summed E-state index contributed by atoms with van der Waals surface area (Å²) in [5.74, 6) is -1.61. The summed E-state index contributed by atoms with van der Waals surface area (Å²) >= 11 is 0. The second-order valence-corrected chi connectivity index (χ2v) is 6.93. The number of nitrogens with zero attached hydrogens (tertiary/aromatic N) is 3. The molecule has 1 aromatic carbocycles. The number of benzene rings is 1. The molecule has 1 aliphatic heterocycles. The molecule has 2 amide bonds. The lowest BCUT2D eigenvalue weighted by Crippen LogP contribution is -2.49. The zero-order chi connectivity index (χ0) is 19.8.